The van der Waals surface area contributed by atoms with Gasteiger partial charge in [-0.2, -0.15) is 4.31 Å². The first-order valence-electron chi connectivity index (χ1n) is 9.66. The zero-order valence-corrected chi connectivity index (χ0v) is 17.4. The van der Waals surface area contributed by atoms with Gasteiger partial charge >= 0.3 is 0 Å². The molecule has 9 heteroatoms. The lowest BCUT2D eigenvalue weighted by Gasteiger charge is -2.30. The largest absolute Gasteiger partial charge is 0.475 e. The molecule has 0 saturated carbocycles. The first-order chi connectivity index (χ1) is 13.9. The second-order valence-corrected chi connectivity index (χ2v) is 9.16. The number of ether oxygens (including phenoxy) is 1. The number of amides is 1. The molecule has 0 spiro atoms. The van der Waals surface area contributed by atoms with Gasteiger partial charge in [-0.3, -0.25) is 9.78 Å². The fourth-order valence-electron chi connectivity index (χ4n) is 3.22. The summed E-state index contributed by atoms with van der Waals surface area (Å²) < 4.78 is 32.4. The minimum absolute atomic E-state index is 0.00885. The number of piperidine rings is 1. The number of pyridine rings is 2. The summed E-state index contributed by atoms with van der Waals surface area (Å²) in [6.45, 7) is 4.78. The summed E-state index contributed by atoms with van der Waals surface area (Å²) in [6, 6.07) is 6.80. The van der Waals surface area contributed by atoms with Crippen LogP contribution in [0.4, 0.5) is 0 Å². The number of nitrogens with one attached hydrogen (secondary N) is 1. The van der Waals surface area contributed by atoms with Crippen molar-refractivity contribution < 1.29 is 17.9 Å². The molecule has 156 valence electrons. The molecule has 1 amide bonds. The third-order valence-corrected chi connectivity index (χ3v) is 6.63. The molecule has 1 aliphatic rings. The Kier molecular flexibility index (Phi) is 6.81. The van der Waals surface area contributed by atoms with Crippen molar-refractivity contribution in [2.24, 2.45) is 5.92 Å². The fraction of sp³-hybridized carbons (Fsp3) is 0.450. The number of sulfonamides is 1. The van der Waals surface area contributed by atoms with Crippen LogP contribution >= 0.6 is 0 Å². The zero-order valence-electron chi connectivity index (χ0n) is 16.6. The Hall–Kier alpha value is -2.52. The van der Waals surface area contributed by atoms with Gasteiger partial charge in [0.15, 0.2) is 0 Å². The quantitative estimate of drug-likeness (QED) is 0.738. The maximum atomic E-state index is 12.7. The molecule has 0 bridgehead atoms. The van der Waals surface area contributed by atoms with Crippen LogP contribution in [-0.4, -0.2) is 47.8 Å². The van der Waals surface area contributed by atoms with Crippen molar-refractivity contribution in [3.05, 3.63) is 48.4 Å². The summed E-state index contributed by atoms with van der Waals surface area (Å²) in [5.41, 5.74) is 0.811. The van der Waals surface area contributed by atoms with E-state index in [1.807, 2.05) is 19.9 Å². The van der Waals surface area contributed by atoms with Crippen LogP contribution in [0.5, 0.6) is 5.88 Å². The molecule has 3 rings (SSSR count). The monoisotopic (exact) mass is 418 g/mol. The summed E-state index contributed by atoms with van der Waals surface area (Å²) in [7, 11) is -3.57. The van der Waals surface area contributed by atoms with Gasteiger partial charge in [0.1, 0.15) is 4.90 Å². The molecule has 0 aliphatic carbocycles. The van der Waals surface area contributed by atoms with Crippen molar-refractivity contribution in [1.29, 1.82) is 0 Å². The van der Waals surface area contributed by atoms with Gasteiger partial charge in [-0.05, 0) is 44.9 Å². The Bertz CT molecular complexity index is 927. The fourth-order valence-corrected chi connectivity index (χ4v) is 4.66. The first-order valence-corrected chi connectivity index (χ1v) is 11.1. The summed E-state index contributed by atoms with van der Waals surface area (Å²) in [4.78, 5) is 20.9. The molecule has 1 aliphatic heterocycles. The smallest absolute Gasteiger partial charge is 0.244 e. The summed E-state index contributed by atoms with van der Waals surface area (Å²) in [6.07, 6.45) is 5.49. The van der Waals surface area contributed by atoms with E-state index < -0.39 is 10.0 Å². The maximum absolute atomic E-state index is 12.7. The Morgan fingerprint density at radius 2 is 1.97 bits per heavy atom. The predicted octanol–water partition coefficient (Wildman–Crippen LogP) is 1.98. The number of hydrogen-bond acceptors (Lipinski definition) is 6. The summed E-state index contributed by atoms with van der Waals surface area (Å²) in [5.74, 6) is 0.212. The van der Waals surface area contributed by atoms with Crippen LogP contribution in [-0.2, 0) is 21.4 Å². The molecule has 1 N–H and O–H groups in total. The summed E-state index contributed by atoms with van der Waals surface area (Å²) >= 11 is 0. The normalized spacial score (nSPS) is 16.0. The van der Waals surface area contributed by atoms with Gasteiger partial charge in [-0.1, -0.05) is 6.07 Å². The van der Waals surface area contributed by atoms with Crippen LogP contribution < -0.4 is 10.1 Å². The minimum atomic E-state index is -3.57. The Morgan fingerprint density at radius 1 is 1.24 bits per heavy atom. The van der Waals surface area contributed by atoms with Crippen LogP contribution in [0.2, 0.25) is 0 Å². The van der Waals surface area contributed by atoms with E-state index in [0.29, 0.717) is 38.4 Å². The molecule has 2 aromatic rings. The van der Waals surface area contributed by atoms with Crippen LogP contribution in [0, 0.1) is 5.92 Å². The average molecular weight is 419 g/mol. The van der Waals surface area contributed by atoms with E-state index >= 15 is 0 Å². The lowest BCUT2D eigenvalue weighted by Crippen LogP contribution is -2.42. The number of carbonyl (C=O) groups is 1. The highest BCUT2D eigenvalue weighted by Gasteiger charge is 2.32. The number of nitrogens with zero attached hydrogens (tertiary/aromatic N) is 3. The van der Waals surface area contributed by atoms with Crippen molar-refractivity contribution in [3.63, 3.8) is 0 Å². The van der Waals surface area contributed by atoms with Gasteiger partial charge in [0, 0.05) is 49.7 Å². The molecule has 29 heavy (non-hydrogen) atoms. The molecule has 0 radical (unpaired) electrons. The Balaban J connectivity index is 1.55. The van der Waals surface area contributed by atoms with E-state index in [0.717, 1.165) is 5.56 Å². The number of aromatic nitrogens is 2. The van der Waals surface area contributed by atoms with Crippen LogP contribution in [0.25, 0.3) is 0 Å². The van der Waals surface area contributed by atoms with E-state index in [1.54, 1.807) is 18.3 Å². The maximum Gasteiger partial charge on any atom is 0.244 e. The average Bonchev–Trinajstić information content (AvgIpc) is 2.73. The van der Waals surface area contributed by atoms with Gasteiger partial charge in [0.25, 0.3) is 0 Å². The van der Waals surface area contributed by atoms with Crippen molar-refractivity contribution in [1.82, 2.24) is 19.6 Å². The van der Waals surface area contributed by atoms with E-state index in [2.05, 4.69) is 15.3 Å². The number of carbonyl (C=O) groups excluding carboxylic acids is 1. The second-order valence-electron chi connectivity index (χ2n) is 7.22. The SMILES string of the molecule is CC(C)Oc1ncccc1CNC(=O)C1CCN(S(=O)(=O)c2cccnc2)CC1. The molecule has 8 nitrogen and oxygen atoms in total. The highest BCUT2D eigenvalue weighted by molar-refractivity contribution is 7.89. The molecule has 1 fully saturated rings. The highest BCUT2D eigenvalue weighted by atomic mass is 32.2. The predicted molar refractivity (Wildman–Crippen MR) is 108 cm³/mol. The topological polar surface area (TPSA) is 101 Å². The Labute approximate surface area is 171 Å². The van der Waals surface area contributed by atoms with Gasteiger partial charge in [-0.25, -0.2) is 13.4 Å². The third kappa shape index (κ3) is 5.30. The molecule has 0 aromatic carbocycles. The van der Waals surface area contributed by atoms with Gasteiger partial charge in [0.05, 0.1) is 6.10 Å². The molecule has 0 atom stereocenters. The van der Waals surface area contributed by atoms with Crippen LogP contribution in [0.1, 0.15) is 32.3 Å². The highest BCUT2D eigenvalue weighted by Crippen LogP contribution is 2.24. The van der Waals surface area contributed by atoms with E-state index in [9.17, 15) is 13.2 Å². The van der Waals surface area contributed by atoms with E-state index in [1.165, 1.54) is 22.8 Å². The summed E-state index contributed by atoms with van der Waals surface area (Å²) in [5, 5.41) is 2.93. The lowest BCUT2D eigenvalue weighted by molar-refractivity contribution is -0.126. The van der Waals surface area contributed by atoms with Crippen LogP contribution in [0.15, 0.2) is 47.8 Å². The second kappa shape index (κ2) is 9.32. The molecule has 1 saturated heterocycles. The van der Waals surface area contributed by atoms with Gasteiger partial charge in [-0.15, -0.1) is 0 Å². The molecule has 2 aromatic heterocycles. The minimum Gasteiger partial charge on any atom is -0.475 e. The van der Waals surface area contributed by atoms with Gasteiger partial charge < -0.3 is 10.1 Å². The van der Waals surface area contributed by atoms with Gasteiger partial charge in [0.2, 0.25) is 21.8 Å². The van der Waals surface area contributed by atoms with E-state index in [4.69, 9.17) is 4.74 Å². The van der Waals surface area contributed by atoms with Crippen molar-refractivity contribution >= 4 is 15.9 Å². The number of hydrogen-bond donors (Lipinski definition) is 1. The molecule has 3 heterocycles. The standard InChI is InChI=1S/C20H26N4O4S/c1-15(2)28-20-17(5-3-10-22-20)13-23-19(25)16-7-11-24(12-8-16)29(26,27)18-6-4-9-21-14-18/h3-6,9-10,14-16H,7-8,11-13H2,1-2H3,(H,23,25). The van der Waals surface area contributed by atoms with Crippen molar-refractivity contribution in [3.8, 4) is 5.88 Å². The Morgan fingerprint density at radius 3 is 2.62 bits per heavy atom. The van der Waals surface area contributed by atoms with Crippen LogP contribution in [0.3, 0.4) is 0 Å². The third-order valence-electron chi connectivity index (χ3n) is 4.75. The first kappa shape index (κ1) is 21.2. The lowest BCUT2D eigenvalue weighted by atomic mass is 9.97. The van der Waals surface area contributed by atoms with Crippen molar-refractivity contribution in [2.75, 3.05) is 13.1 Å². The number of rotatable bonds is 7. The van der Waals surface area contributed by atoms with Crippen molar-refractivity contribution in [2.45, 2.75) is 44.2 Å². The zero-order chi connectivity index (χ0) is 20.9. The molecule has 0 unspecified atom stereocenters. The molecular formula is C20H26N4O4S. The van der Waals surface area contributed by atoms with E-state index in [-0.39, 0.29) is 22.8 Å². The molecular weight excluding hydrogens is 392 g/mol.